The van der Waals surface area contributed by atoms with Crippen LogP contribution in [0.2, 0.25) is 0 Å². The average Bonchev–Trinajstić information content (AvgIpc) is 2.46. The first-order chi connectivity index (χ1) is 9.72. The molecule has 0 saturated heterocycles. The SMILES string of the molecule is CC1CN(CCc2ccccc2)c2cc(N)ccc2O1. The predicted molar refractivity (Wildman–Crippen MR) is 83.3 cm³/mol. The Hall–Kier alpha value is -2.16. The first-order valence-corrected chi connectivity index (χ1v) is 7.07. The monoisotopic (exact) mass is 268 g/mol. The van der Waals surface area contributed by atoms with E-state index in [1.54, 1.807) is 0 Å². The van der Waals surface area contributed by atoms with Crippen molar-refractivity contribution in [2.75, 3.05) is 23.7 Å². The largest absolute Gasteiger partial charge is 0.487 e. The molecule has 0 aromatic heterocycles. The zero-order valence-electron chi connectivity index (χ0n) is 11.8. The number of rotatable bonds is 3. The van der Waals surface area contributed by atoms with Gasteiger partial charge < -0.3 is 15.4 Å². The molecular weight excluding hydrogens is 248 g/mol. The quantitative estimate of drug-likeness (QED) is 0.869. The standard InChI is InChI=1S/C17H20N2O/c1-13-12-19(10-9-14-5-3-2-4-6-14)16-11-15(18)7-8-17(16)20-13/h2-8,11,13H,9-10,12,18H2,1H3. The van der Waals surface area contributed by atoms with Gasteiger partial charge in [0.25, 0.3) is 0 Å². The molecule has 2 aromatic carbocycles. The fourth-order valence-electron chi connectivity index (χ4n) is 2.66. The van der Waals surface area contributed by atoms with Crippen LogP contribution >= 0.6 is 0 Å². The van der Waals surface area contributed by atoms with Gasteiger partial charge in [-0.3, -0.25) is 0 Å². The molecule has 20 heavy (non-hydrogen) atoms. The predicted octanol–water partition coefficient (Wildman–Crippen LogP) is 3.10. The van der Waals surface area contributed by atoms with E-state index >= 15 is 0 Å². The number of benzene rings is 2. The van der Waals surface area contributed by atoms with Crippen LogP contribution in [0.3, 0.4) is 0 Å². The molecule has 1 aliphatic heterocycles. The Balaban J connectivity index is 1.78. The summed E-state index contributed by atoms with van der Waals surface area (Å²) in [7, 11) is 0. The van der Waals surface area contributed by atoms with Gasteiger partial charge in [-0.1, -0.05) is 30.3 Å². The summed E-state index contributed by atoms with van der Waals surface area (Å²) in [6, 6.07) is 16.4. The van der Waals surface area contributed by atoms with Crippen molar-refractivity contribution < 1.29 is 4.74 Å². The van der Waals surface area contributed by atoms with Crippen molar-refractivity contribution in [3.05, 3.63) is 54.1 Å². The molecule has 1 heterocycles. The molecule has 0 amide bonds. The highest BCUT2D eigenvalue weighted by Gasteiger charge is 2.22. The van der Waals surface area contributed by atoms with Gasteiger partial charge in [0.1, 0.15) is 11.9 Å². The molecule has 1 atom stereocenters. The first-order valence-electron chi connectivity index (χ1n) is 7.07. The van der Waals surface area contributed by atoms with Crippen LogP contribution in [0.25, 0.3) is 0 Å². The van der Waals surface area contributed by atoms with E-state index in [4.69, 9.17) is 10.5 Å². The maximum Gasteiger partial charge on any atom is 0.143 e. The minimum atomic E-state index is 0.210. The molecule has 1 aliphatic rings. The summed E-state index contributed by atoms with van der Waals surface area (Å²) >= 11 is 0. The summed E-state index contributed by atoms with van der Waals surface area (Å²) in [5.41, 5.74) is 9.16. The van der Waals surface area contributed by atoms with Gasteiger partial charge in [-0.2, -0.15) is 0 Å². The van der Waals surface area contributed by atoms with Crippen LogP contribution in [0.4, 0.5) is 11.4 Å². The lowest BCUT2D eigenvalue weighted by Crippen LogP contribution is -2.39. The second kappa shape index (κ2) is 5.45. The van der Waals surface area contributed by atoms with Crippen LogP contribution in [0.5, 0.6) is 5.75 Å². The molecule has 0 radical (unpaired) electrons. The lowest BCUT2D eigenvalue weighted by molar-refractivity contribution is 0.213. The van der Waals surface area contributed by atoms with E-state index in [1.165, 1.54) is 5.56 Å². The minimum absolute atomic E-state index is 0.210. The van der Waals surface area contributed by atoms with E-state index in [9.17, 15) is 0 Å². The average molecular weight is 268 g/mol. The van der Waals surface area contributed by atoms with Gasteiger partial charge in [-0.25, -0.2) is 0 Å². The van der Waals surface area contributed by atoms with Crippen LogP contribution in [-0.4, -0.2) is 19.2 Å². The Morgan fingerprint density at radius 3 is 2.80 bits per heavy atom. The van der Waals surface area contributed by atoms with E-state index in [0.29, 0.717) is 0 Å². The molecule has 3 heteroatoms. The number of fused-ring (bicyclic) bond motifs is 1. The third-order valence-corrected chi connectivity index (χ3v) is 3.64. The molecule has 0 aliphatic carbocycles. The van der Waals surface area contributed by atoms with Crippen molar-refractivity contribution in [1.82, 2.24) is 0 Å². The highest BCUT2D eigenvalue weighted by atomic mass is 16.5. The smallest absolute Gasteiger partial charge is 0.143 e. The summed E-state index contributed by atoms with van der Waals surface area (Å²) in [5.74, 6) is 0.936. The molecule has 0 fully saturated rings. The summed E-state index contributed by atoms with van der Waals surface area (Å²) in [6.45, 7) is 3.99. The van der Waals surface area contributed by atoms with Crippen LogP contribution in [-0.2, 0) is 6.42 Å². The number of anilines is 2. The van der Waals surface area contributed by atoms with Gasteiger partial charge in [0.05, 0.1) is 12.2 Å². The molecule has 3 rings (SSSR count). The van der Waals surface area contributed by atoms with Crippen molar-refractivity contribution in [2.24, 2.45) is 0 Å². The number of hydrogen-bond donors (Lipinski definition) is 1. The van der Waals surface area contributed by atoms with Crippen molar-refractivity contribution >= 4 is 11.4 Å². The molecule has 2 aromatic rings. The van der Waals surface area contributed by atoms with E-state index in [2.05, 4.69) is 42.2 Å². The zero-order chi connectivity index (χ0) is 13.9. The summed E-state index contributed by atoms with van der Waals surface area (Å²) in [5, 5.41) is 0. The third kappa shape index (κ3) is 2.72. The molecule has 1 unspecified atom stereocenters. The molecule has 2 N–H and O–H groups in total. The fraction of sp³-hybridized carbons (Fsp3) is 0.294. The number of hydrogen-bond acceptors (Lipinski definition) is 3. The molecule has 3 nitrogen and oxygen atoms in total. The van der Waals surface area contributed by atoms with Crippen LogP contribution < -0.4 is 15.4 Å². The second-order valence-electron chi connectivity index (χ2n) is 5.34. The maximum atomic E-state index is 5.90. The van der Waals surface area contributed by atoms with Gasteiger partial charge in [0.15, 0.2) is 0 Å². The third-order valence-electron chi connectivity index (χ3n) is 3.64. The van der Waals surface area contributed by atoms with Gasteiger partial charge >= 0.3 is 0 Å². The second-order valence-corrected chi connectivity index (χ2v) is 5.34. The minimum Gasteiger partial charge on any atom is -0.487 e. The highest BCUT2D eigenvalue weighted by molar-refractivity contribution is 5.66. The van der Waals surface area contributed by atoms with Crippen molar-refractivity contribution in [2.45, 2.75) is 19.4 Å². The Kier molecular flexibility index (Phi) is 3.50. The summed E-state index contributed by atoms with van der Waals surface area (Å²) in [4.78, 5) is 2.37. The van der Waals surface area contributed by atoms with Gasteiger partial charge in [0, 0.05) is 12.2 Å². The highest BCUT2D eigenvalue weighted by Crippen LogP contribution is 2.35. The molecule has 0 bridgehead atoms. The lowest BCUT2D eigenvalue weighted by atomic mass is 10.1. The van der Waals surface area contributed by atoms with Crippen LogP contribution in [0.1, 0.15) is 12.5 Å². The first kappa shape index (κ1) is 12.9. The zero-order valence-corrected chi connectivity index (χ0v) is 11.8. The maximum absolute atomic E-state index is 5.90. The lowest BCUT2D eigenvalue weighted by Gasteiger charge is -2.35. The molecule has 104 valence electrons. The Bertz CT molecular complexity index is 583. The van der Waals surface area contributed by atoms with Crippen LogP contribution in [0, 0.1) is 0 Å². The number of nitrogens with two attached hydrogens (primary N) is 1. The number of nitrogens with zero attached hydrogens (tertiary/aromatic N) is 1. The number of ether oxygens (including phenoxy) is 1. The van der Waals surface area contributed by atoms with Gasteiger partial charge in [-0.15, -0.1) is 0 Å². The van der Waals surface area contributed by atoms with Crippen molar-refractivity contribution in [1.29, 1.82) is 0 Å². The van der Waals surface area contributed by atoms with Crippen LogP contribution in [0.15, 0.2) is 48.5 Å². The van der Waals surface area contributed by atoms with E-state index in [0.717, 1.165) is 36.6 Å². The molecule has 0 saturated carbocycles. The van der Waals surface area contributed by atoms with E-state index < -0.39 is 0 Å². The van der Waals surface area contributed by atoms with Crippen molar-refractivity contribution in [3.63, 3.8) is 0 Å². The topological polar surface area (TPSA) is 38.5 Å². The molecular formula is C17H20N2O. The number of nitrogen functional groups attached to an aromatic ring is 1. The Labute approximate surface area is 120 Å². The molecule has 0 spiro atoms. The summed E-state index contributed by atoms with van der Waals surface area (Å²) < 4.78 is 5.87. The van der Waals surface area contributed by atoms with Gasteiger partial charge in [0.2, 0.25) is 0 Å². The normalized spacial score (nSPS) is 17.4. The van der Waals surface area contributed by atoms with Crippen molar-refractivity contribution in [3.8, 4) is 5.75 Å². The Morgan fingerprint density at radius 1 is 1.20 bits per heavy atom. The fourth-order valence-corrected chi connectivity index (χ4v) is 2.66. The van der Waals surface area contributed by atoms with E-state index in [1.807, 2.05) is 18.2 Å². The Morgan fingerprint density at radius 2 is 2.00 bits per heavy atom. The van der Waals surface area contributed by atoms with E-state index in [-0.39, 0.29) is 6.10 Å². The van der Waals surface area contributed by atoms with Gasteiger partial charge in [-0.05, 0) is 37.1 Å². The summed E-state index contributed by atoms with van der Waals surface area (Å²) in [6.07, 6.45) is 1.24.